The zero-order valence-electron chi connectivity index (χ0n) is 19.6. The van der Waals surface area contributed by atoms with Gasteiger partial charge in [-0.2, -0.15) is 0 Å². The Morgan fingerprint density at radius 3 is 2.53 bits per heavy atom. The molecule has 0 spiro atoms. The lowest BCUT2D eigenvalue weighted by molar-refractivity contribution is -0.0707. The summed E-state index contributed by atoms with van der Waals surface area (Å²) in [6, 6.07) is 4.71. The van der Waals surface area contributed by atoms with Crippen LogP contribution in [0.4, 0.5) is 5.13 Å². The number of benzene rings is 1. The van der Waals surface area contributed by atoms with Crippen LogP contribution in [0.5, 0.6) is 0 Å². The third-order valence-corrected chi connectivity index (χ3v) is 7.58. The Kier molecular flexibility index (Phi) is 6.50. The van der Waals surface area contributed by atoms with Crippen molar-refractivity contribution in [3.8, 4) is 0 Å². The van der Waals surface area contributed by atoms with Crippen LogP contribution >= 0.6 is 11.3 Å². The van der Waals surface area contributed by atoms with E-state index in [2.05, 4.69) is 29.0 Å². The van der Waals surface area contributed by atoms with Gasteiger partial charge >= 0.3 is 0 Å². The molecule has 8 nitrogen and oxygen atoms in total. The van der Waals surface area contributed by atoms with Gasteiger partial charge in [0.25, 0.3) is 17.7 Å². The second-order valence-electron chi connectivity index (χ2n) is 9.58. The first-order valence-electron chi connectivity index (χ1n) is 12.0. The van der Waals surface area contributed by atoms with Crippen molar-refractivity contribution in [2.75, 3.05) is 18.4 Å². The lowest BCUT2D eigenvalue weighted by Crippen LogP contribution is -2.44. The maximum atomic E-state index is 13.0. The molecule has 1 aromatic carbocycles. The summed E-state index contributed by atoms with van der Waals surface area (Å²) >= 11 is 1.38. The van der Waals surface area contributed by atoms with E-state index < -0.39 is 0 Å². The van der Waals surface area contributed by atoms with Crippen LogP contribution in [-0.4, -0.2) is 63.8 Å². The van der Waals surface area contributed by atoms with Crippen LogP contribution in [0.2, 0.25) is 0 Å². The Morgan fingerprint density at radius 1 is 1.09 bits per heavy atom. The minimum atomic E-state index is -0.339. The highest BCUT2D eigenvalue weighted by Crippen LogP contribution is 2.31. The number of amides is 3. The van der Waals surface area contributed by atoms with Crippen molar-refractivity contribution in [2.45, 2.75) is 70.7 Å². The van der Waals surface area contributed by atoms with E-state index in [1.807, 2.05) is 5.38 Å². The third kappa shape index (κ3) is 4.64. The highest BCUT2D eigenvalue weighted by Gasteiger charge is 2.40. The average molecular weight is 483 g/mol. The van der Waals surface area contributed by atoms with Crippen molar-refractivity contribution < 1.29 is 19.1 Å². The topological polar surface area (TPSA) is 91.8 Å². The summed E-state index contributed by atoms with van der Waals surface area (Å²) in [4.78, 5) is 47.1. The number of aromatic nitrogens is 1. The summed E-state index contributed by atoms with van der Waals surface area (Å²) < 4.78 is 5.78. The summed E-state index contributed by atoms with van der Waals surface area (Å²) in [6.45, 7) is 6.54. The number of rotatable bonds is 5. The van der Waals surface area contributed by atoms with Gasteiger partial charge in [0.2, 0.25) is 0 Å². The van der Waals surface area contributed by atoms with Crippen molar-refractivity contribution in [3.63, 3.8) is 0 Å². The fourth-order valence-corrected chi connectivity index (χ4v) is 6.02. The van der Waals surface area contributed by atoms with Gasteiger partial charge in [-0.3, -0.25) is 29.5 Å². The fraction of sp³-hybridized carbons (Fsp3) is 0.520. The summed E-state index contributed by atoms with van der Waals surface area (Å²) in [6.07, 6.45) is 5.29. The van der Waals surface area contributed by atoms with Crippen LogP contribution in [0.1, 0.15) is 82.7 Å². The summed E-state index contributed by atoms with van der Waals surface area (Å²) in [5.41, 5.74) is 1.95. The molecule has 2 atom stereocenters. The first kappa shape index (κ1) is 23.1. The van der Waals surface area contributed by atoms with Crippen LogP contribution in [-0.2, 0) is 11.3 Å². The Hall–Kier alpha value is -2.62. The number of anilines is 1. The molecular weight excluding hydrogens is 452 g/mol. The van der Waals surface area contributed by atoms with Gasteiger partial charge in [0.05, 0.1) is 29.0 Å². The molecule has 2 aliphatic heterocycles. The number of ether oxygens (including phenoxy) is 1. The molecule has 0 bridgehead atoms. The molecule has 9 heteroatoms. The zero-order chi connectivity index (χ0) is 23.8. The average Bonchev–Trinajstić information content (AvgIpc) is 3.34. The van der Waals surface area contributed by atoms with Crippen LogP contribution in [0.25, 0.3) is 0 Å². The monoisotopic (exact) mass is 482 g/mol. The van der Waals surface area contributed by atoms with Crippen LogP contribution < -0.4 is 5.32 Å². The molecule has 3 aliphatic rings. The van der Waals surface area contributed by atoms with E-state index in [-0.39, 0.29) is 36.0 Å². The van der Waals surface area contributed by atoms with Gasteiger partial charge in [-0.25, -0.2) is 4.98 Å². The van der Waals surface area contributed by atoms with E-state index in [1.54, 1.807) is 18.2 Å². The van der Waals surface area contributed by atoms with E-state index in [0.717, 1.165) is 50.9 Å². The van der Waals surface area contributed by atoms with E-state index in [9.17, 15) is 14.4 Å². The molecule has 0 radical (unpaired) electrons. The minimum absolute atomic E-state index is 0.0374. The lowest BCUT2D eigenvalue weighted by Gasteiger charge is -2.34. The highest BCUT2D eigenvalue weighted by molar-refractivity contribution is 7.14. The molecule has 34 heavy (non-hydrogen) atoms. The first-order valence-corrected chi connectivity index (χ1v) is 12.9. The van der Waals surface area contributed by atoms with Gasteiger partial charge in [0, 0.05) is 36.6 Å². The molecule has 3 heterocycles. The molecule has 2 aromatic rings. The van der Waals surface area contributed by atoms with E-state index in [1.165, 1.54) is 16.2 Å². The van der Waals surface area contributed by atoms with Gasteiger partial charge in [0.15, 0.2) is 5.13 Å². The zero-order valence-corrected chi connectivity index (χ0v) is 20.4. The molecule has 1 aromatic heterocycles. The number of morpholine rings is 1. The van der Waals surface area contributed by atoms with Crippen molar-refractivity contribution in [1.29, 1.82) is 0 Å². The predicted molar refractivity (Wildman–Crippen MR) is 129 cm³/mol. The van der Waals surface area contributed by atoms with Crippen molar-refractivity contribution in [2.24, 2.45) is 0 Å². The van der Waals surface area contributed by atoms with Gasteiger partial charge in [-0.1, -0.05) is 19.3 Å². The van der Waals surface area contributed by atoms with Crippen LogP contribution in [0.15, 0.2) is 23.6 Å². The maximum absolute atomic E-state index is 13.0. The van der Waals surface area contributed by atoms with Gasteiger partial charge in [-0.15, -0.1) is 11.3 Å². The number of thiazole rings is 1. The van der Waals surface area contributed by atoms with Crippen molar-refractivity contribution >= 4 is 34.2 Å². The number of carbonyl (C=O) groups excluding carboxylic acids is 3. The first-order chi connectivity index (χ1) is 16.4. The predicted octanol–water partition coefficient (Wildman–Crippen LogP) is 3.93. The molecule has 180 valence electrons. The molecule has 5 rings (SSSR count). The molecule has 1 saturated heterocycles. The van der Waals surface area contributed by atoms with E-state index in [0.29, 0.717) is 28.4 Å². The number of hydrogen-bond acceptors (Lipinski definition) is 7. The Labute approximate surface area is 203 Å². The number of carbonyl (C=O) groups is 3. The number of nitrogens with one attached hydrogen (secondary N) is 1. The molecule has 2 fully saturated rings. The quantitative estimate of drug-likeness (QED) is 0.649. The maximum Gasteiger partial charge on any atom is 0.261 e. The van der Waals surface area contributed by atoms with Crippen molar-refractivity contribution in [1.82, 2.24) is 14.8 Å². The molecule has 1 N–H and O–H groups in total. The standard InChI is InChI=1S/C25H30N4O4S/c1-15-11-28(12-16(2)33-15)13-18-14-34-25(26-18)27-22(30)17-8-9-20-21(10-17)24(32)29(23(20)31)19-6-4-3-5-7-19/h8-10,14-16,19H,3-7,11-13H2,1-2H3,(H,26,27,30). The normalized spacial score (nSPS) is 23.9. The third-order valence-electron chi connectivity index (χ3n) is 6.77. The van der Waals surface area contributed by atoms with Gasteiger partial charge in [-0.05, 0) is 44.9 Å². The molecular formula is C25H30N4O4S. The lowest BCUT2D eigenvalue weighted by atomic mass is 9.94. The second-order valence-corrected chi connectivity index (χ2v) is 10.4. The number of imide groups is 1. The smallest absolute Gasteiger partial charge is 0.261 e. The summed E-state index contributed by atoms with van der Waals surface area (Å²) in [5, 5.41) is 5.31. The SMILES string of the molecule is CC1CN(Cc2csc(NC(=O)c3ccc4c(c3)C(=O)N(C3CCCCC3)C4=O)n2)CC(C)O1. The summed E-state index contributed by atoms with van der Waals surface area (Å²) in [5.74, 6) is -0.865. The minimum Gasteiger partial charge on any atom is -0.373 e. The summed E-state index contributed by atoms with van der Waals surface area (Å²) in [7, 11) is 0. The van der Waals surface area contributed by atoms with E-state index >= 15 is 0 Å². The number of nitrogens with zero attached hydrogens (tertiary/aromatic N) is 3. The molecule has 1 saturated carbocycles. The Balaban J connectivity index is 1.25. The fourth-order valence-electron chi connectivity index (χ4n) is 5.32. The van der Waals surface area contributed by atoms with E-state index in [4.69, 9.17) is 4.74 Å². The molecule has 3 amide bonds. The molecule has 1 aliphatic carbocycles. The Morgan fingerprint density at radius 2 is 1.79 bits per heavy atom. The largest absolute Gasteiger partial charge is 0.373 e. The molecule has 2 unspecified atom stereocenters. The van der Waals surface area contributed by atoms with Gasteiger partial charge in [0.1, 0.15) is 0 Å². The van der Waals surface area contributed by atoms with Gasteiger partial charge < -0.3 is 4.74 Å². The van der Waals surface area contributed by atoms with Crippen LogP contribution in [0, 0.1) is 0 Å². The van der Waals surface area contributed by atoms with Crippen molar-refractivity contribution in [3.05, 3.63) is 46.0 Å². The van der Waals surface area contributed by atoms with Crippen LogP contribution in [0.3, 0.4) is 0 Å². The Bertz CT molecular complexity index is 1100. The second kappa shape index (κ2) is 9.56. The number of fused-ring (bicyclic) bond motifs is 1. The number of hydrogen-bond donors (Lipinski definition) is 1. The highest BCUT2D eigenvalue weighted by atomic mass is 32.1.